The third-order valence-corrected chi connectivity index (χ3v) is 7.78. The van der Waals surface area contributed by atoms with Crippen molar-refractivity contribution in [2.24, 2.45) is 0 Å². The summed E-state index contributed by atoms with van der Waals surface area (Å²) >= 11 is 0. The molecule has 1 atom stereocenters. The van der Waals surface area contributed by atoms with Crippen molar-refractivity contribution >= 4 is 22.8 Å². The van der Waals surface area contributed by atoms with E-state index in [0.29, 0.717) is 24.8 Å². The summed E-state index contributed by atoms with van der Waals surface area (Å²) in [4.78, 5) is 20.5. The summed E-state index contributed by atoms with van der Waals surface area (Å²) < 4.78 is 11.9. The zero-order valence-electron chi connectivity index (χ0n) is 23.4. The third kappa shape index (κ3) is 7.92. The Labute approximate surface area is 237 Å². The van der Waals surface area contributed by atoms with Crippen LogP contribution in [0.1, 0.15) is 54.9 Å². The van der Waals surface area contributed by atoms with Crippen LogP contribution in [0.4, 0.5) is 0 Å². The largest absolute Gasteiger partial charge is 0.489 e. The van der Waals surface area contributed by atoms with Gasteiger partial charge in [-0.3, -0.25) is 4.79 Å². The number of amides is 1. The van der Waals surface area contributed by atoms with E-state index < -0.39 is 0 Å². The van der Waals surface area contributed by atoms with Gasteiger partial charge in [-0.2, -0.15) is 0 Å². The van der Waals surface area contributed by atoms with Crippen molar-refractivity contribution in [3.05, 3.63) is 83.4 Å². The number of carbonyl (C=O) groups is 1. The Morgan fingerprint density at radius 3 is 2.58 bits per heavy atom. The topological polar surface area (TPSA) is 72.1 Å². The lowest BCUT2D eigenvalue weighted by Crippen LogP contribution is -2.43. The second-order valence-electron chi connectivity index (χ2n) is 10.6. The normalized spacial score (nSPS) is 19.0. The first-order valence-corrected chi connectivity index (χ1v) is 14.6. The zero-order valence-corrected chi connectivity index (χ0v) is 23.4. The monoisotopic (exact) mass is 543 g/mol. The Bertz CT molecular complexity index is 1260. The van der Waals surface area contributed by atoms with Gasteiger partial charge in [0.1, 0.15) is 12.4 Å². The highest BCUT2D eigenvalue weighted by Crippen LogP contribution is 2.26. The summed E-state index contributed by atoms with van der Waals surface area (Å²) in [7, 11) is 0. The summed E-state index contributed by atoms with van der Waals surface area (Å²) in [5, 5.41) is 6.05. The lowest BCUT2D eigenvalue weighted by Gasteiger charge is -2.31. The molecule has 2 N–H and O–H groups in total. The van der Waals surface area contributed by atoms with E-state index >= 15 is 0 Å². The lowest BCUT2D eigenvalue weighted by molar-refractivity contribution is -0.186. The van der Waals surface area contributed by atoms with Gasteiger partial charge in [-0.05, 0) is 80.0 Å². The van der Waals surface area contributed by atoms with Crippen LogP contribution in [-0.4, -0.2) is 62.5 Å². The van der Waals surface area contributed by atoms with Crippen molar-refractivity contribution in [2.75, 3.05) is 39.4 Å². The van der Waals surface area contributed by atoms with Crippen molar-refractivity contribution in [2.45, 2.75) is 51.4 Å². The molecule has 0 aromatic heterocycles. The molecule has 40 heavy (non-hydrogen) atoms. The Balaban J connectivity index is 1.24. The van der Waals surface area contributed by atoms with Crippen LogP contribution in [-0.2, 0) is 9.57 Å². The smallest absolute Gasteiger partial charge is 0.274 e. The number of ether oxygens (including phenoxy) is 2. The minimum atomic E-state index is -0.370. The maximum atomic E-state index is 12.6. The predicted octanol–water partition coefficient (Wildman–Crippen LogP) is 5.56. The number of hydroxylamine groups is 1. The van der Waals surface area contributed by atoms with E-state index in [1.165, 1.54) is 5.39 Å². The molecular formula is C33H41N3O4. The van der Waals surface area contributed by atoms with E-state index in [1.807, 2.05) is 48.5 Å². The SMILES string of the molecule is CCN1CCC(NCC(=Cc2ccc(C(=O)NOC3CCCCO3)cc2)COc2cccc3ccccc23)CC1. The molecule has 1 unspecified atom stereocenters. The Hall–Kier alpha value is -3.23. The molecule has 2 aliphatic rings. The number of piperidine rings is 1. The van der Waals surface area contributed by atoms with Gasteiger partial charge < -0.3 is 19.7 Å². The summed E-state index contributed by atoms with van der Waals surface area (Å²) in [6.45, 7) is 7.52. The number of nitrogens with one attached hydrogen (secondary N) is 2. The van der Waals surface area contributed by atoms with Gasteiger partial charge in [0.05, 0.1) is 0 Å². The van der Waals surface area contributed by atoms with Gasteiger partial charge >= 0.3 is 0 Å². The predicted molar refractivity (Wildman–Crippen MR) is 159 cm³/mol. The molecular weight excluding hydrogens is 502 g/mol. The molecule has 3 aromatic carbocycles. The molecule has 0 radical (unpaired) electrons. The summed E-state index contributed by atoms with van der Waals surface area (Å²) in [5.74, 6) is 0.610. The first kappa shape index (κ1) is 28.3. The standard InChI is InChI=1S/C33H41N3O4/c1-2-36-19-17-29(18-20-36)34-23-26(24-39-31-11-7-9-27-8-3-4-10-30(27)31)22-25-13-15-28(16-14-25)33(37)35-40-32-12-5-6-21-38-32/h3-4,7-11,13-16,22,29,32,34H,2,5-6,12,17-21,23-24H2,1H3,(H,35,37). The minimum absolute atomic E-state index is 0.274. The number of rotatable bonds is 11. The van der Waals surface area contributed by atoms with E-state index in [9.17, 15) is 4.79 Å². The van der Waals surface area contributed by atoms with E-state index in [-0.39, 0.29) is 12.2 Å². The van der Waals surface area contributed by atoms with Crippen LogP contribution < -0.4 is 15.5 Å². The van der Waals surface area contributed by atoms with E-state index in [0.717, 1.165) is 80.6 Å². The molecule has 2 fully saturated rings. The van der Waals surface area contributed by atoms with Crippen LogP contribution in [0.5, 0.6) is 5.75 Å². The molecule has 7 heteroatoms. The molecule has 0 bridgehead atoms. The van der Waals surface area contributed by atoms with Crippen molar-refractivity contribution in [1.29, 1.82) is 0 Å². The molecule has 3 aromatic rings. The van der Waals surface area contributed by atoms with Crippen LogP contribution in [0.15, 0.2) is 72.3 Å². The fraction of sp³-hybridized carbons (Fsp3) is 0.424. The number of likely N-dealkylation sites (tertiary alicyclic amines) is 1. The average molecular weight is 544 g/mol. The number of hydrogen-bond donors (Lipinski definition) is 2. The van der Waals surface area contributed by atoms with Crippen molar-refractivity contribution in [3.8, 4) is 5.75 Å². The van der Waals surface area contributed by atoms with Crippen molar-refractivity contribution in [1.82, 2.24) is 15.7 Å². The fourth-order valence-corrected chi connectivity index (χ4v) is 5.31. The maximum absolute atomic E-state index is 12.6. The van der Waals surface area contributed by atoms with Gasteiger partial charge in [0, 0.05) is 36.6 Å². The number of carbonyl (C=O) groups excluding carboxylic acids is 1. The highest BCUT2D eigenvalue weighted by atomic mass is 16.8. The fourth-order valence-electron chi connectivity index (χ4n) is 5.31. The first-order valence-electron chi connectivity index (χ1n) is 14.6. The number of nitrogens with zero attached hydrogens (tertiary/aromatic N) is 1. The molecule has 2 saturated heterocycles. The van der Waals surface area contributed by atoms with Gasteiger partial charge in [0.2, 0.25) is 0 Å². The second kappa shape index (κ2) is 14.4. The molecule has 0 aliphatic carbocycles. The zero-order chi connectivity index (χ0) is 27.6. The molecule has 2 aliphatic heterocycles. The first-order chi connectivity index (χ1) is 19.7. The van der Waals surface area contributed by atoms with Crippen LogP contribution in [0.2, 0.25) is 0 Å². The minimum Gasteiger partial charge on any atom is -0.489 e. The molecule has 2 heterocycles. The van der Waals surface area contributed by atoms with Gasteiger partial charge in [0.15, 0.2) is 6.29 Å². The third-order valence-electron chi connectivity index (χ3n) is 7.78. The van der Waals surface area contributed by atoms with Crippen molar-refractivity contribution in [3.63, 3.8) is 0 Å². The van der Waals surface area contributed by atoms with Gasteiger partial charge in [-0.1, -0.05) is 61.5 Å². The van der Waals surface area contributed by atoms with E-state index in [2.05, 4.69) is 46.9 Å². The van der Waals surface area contributed by atoms with Crippen LogP contribution >= 0.6 is 0 Å². The van der Waals surface area contributed by atoms with Gasteiger partial charge in [-0.15, -0.1) is 0 Å². The highest BCUT2D eigenvalue weighted by Gasteiger charge is 2.18. The summed E-state index contributed by atoms with van der Waals surface area (Å²) in [5.41, 5.74) is 5.25. The molecule has 0 spiro atoms. The average Bonchev–Trinajstić information content (AvgIpc) is 3.02. The van der Waals surface area contributed by atoms with Gasteiger partial charge in [0.25, 0.3) is 5.91 Å². The Kier molecular flexibility index (Phi) is 10.2. The highest BCUT2D eigenvalue weighted by molar-refractivity contribution is 5.93. The second-order valence-corrected chi connectivity index (χ2v) is 10.6. The van der Waals surface area contributed by atoms with Crippen LogP contribution in [0.25, 0.3) is 16.8 Å². The lowest BCUT2D eigenvalue weighted by atomic mass is 10.0. The van der Waals surface area contributed by atoms with Crippen LogP contribution in [0.3, 0.4) is 0 Å². The molecule has 212 valence electrons. The molecule has 1 amide bonds. The number of hydrogen-bond acceptors (Lipinski definition) is 6. The number of benzene rings is 3. The Morgan fingerprint density at radius 2 is 1.80 bits per heavy atom. The summed E-state index contributed by atoms with van der Waals surface area (Å²) in [6, 6.07) is 22.5. The van der Waals surface area contributed by atoms with Crippen molar-refractivity contribution < 1.29 is 19.1 Å². The van der Waals surface area contributed by atoms with E-state index in [1.54, 1.807) is 0 Å². The molecule has 0 saturated carbocycles. The quantitative estimate of drug-likeness (QED) is 0.309. The van der Waals surface area contributed by atoms with Crippen LogP contribution in [0, 0.1) is 0 Å². The molecule has 7 nitrogen and oxygen atoms in total. The summed E-state index contributed by atoms with van der Waals surface area (Å²) in [6.07, 6.45) is 6.97. The molecule has 5 rings (SSSR count). The van der Waals surface area contributed by atoms with E-state index in [4.69, 9.17) is 14.3 Å². The number of fused-ring (bicyclic) bond motifs is 1. The van der Waals surface area contributed by atoms with Gasteiger partial charge in [-0.25, -0.2) is 10.3 Å². The maximum Gasteiger partial charge on any atom is 0.274 e. The Morgan fingerprint density at radius 1 is 1.00 bits per heavy atom.